The molecule has 0 aromatic carbocycles. The molecule has 3 nitrogen and oxygen atoms in total. The van der Waals surface area contributed by atoms with E-state index in [0.29, 0.717) is 12.1 Å². The second-order valence-electron chi connectivity index (χ2n) is 4.88. The van der Waals surface area contributed by atoms with Crippen molar-refractivity contribution in [3.63, 3.8) is 0 Å². The van der Waals surface area contributed by atoms with Gasteiger partial charge in [-0.05, 0) is 39.4 Å². The van der Waals surface area contributed by atoms with Gasteiger partial charge >= 0.3 is 0 Å². The zero-order chi connectivity index (χ0) is 12.7. The molecule has 98 valence electrons. The van der Waals surface area contributed by atoms with E-state index in [2.05, 4.69) is 38.0 Å². The molecule has 1 aromatic heterocycles. The lowest BCUT2D eigenvalue weighted by Gasteiger charge is -2.24. The molecule has 0 aliphatic carbocycles. The van der Waals surface area contributed by atoms with Crippen LogP contribution < -0.4 is 5.32 Å². The highest BCUT2D eigenvalue weighted by atomic mass is 16.3. The Kier molecular flexibility index (Phi) is 6.30. The Morgan fingerprint density at radius 3 is 2.76 bits per heavy atom. The molecule has 1 rings (SSSR count). The lowest BCUT2D eigenvalue weighted by molar-refractivity contribution is 0.248. The van der Waals surface area contributed by atoms with Gasteiger partial charge in [-0.15, -0.1) is 0 Å². The van der Waals surface area contributed by atoms with Crippen LogP contribution in [0.2, 0.25) is 0 Å². The summed E-state index contributed by atoms with van der Waals surface area (Å²) in [5.74, 6) is 1.06. The summed E-state index contributed by atoms with van der Waals surface area (Å²) in [6.45, 7) is 8.83. The Labute approximate surface area is 105 Å². The van der Waals surface area contributed by atoms with Crippen molar-refractivity contribution >= 4 is 0 Å². The predicted octanol–water partition coefficient (Wildman–Crippen LogP) is 2.53. The van der Waals surface area contributed by atoms with Crippen molar-refractivity contribution in [3.05, 3.63) is 24.2 Å². The smallest absolute Gasteiger partial charge is 0.105 e. The molecule has 17 heavy (non-hydrogen) atoms. The maximum absolute atomic E-state index is 5.34. The number of nitrogens with zero attached hydrogens (tertiary/aromatic N) is 1. The van der Waals surface area contributed by atoms with Gasteiger partial charge in [-0.1, -0.05) is 6.92 Å². The number of rotatable bonds is 8. The minimum absolute atomic E-state index is 0.464. The average molecular weight is 238 g/mol. The fraction of sp³-hybridized carbons (Fsp3) is 0.714. The van der Waals surface area contributed by atoms with Crippen molar-refractivity contribution in [1.82, 2.24) is 10.2 Å². The molecule has 0 radical (unpaired) electrons. The first-order valence-electron chi connectivity index (χ1n) is 6.59. The van der Waals surface area contributed by atoms with Crippen molar-refractivity contribution in [1.29, 1.82) is 0 Å². The van der Waals surface area contributed by atoms with E-state index in [9.17, 15) is 0 Å². The van der Waals surface area contributed by atoms with Gasteiger partial charge in [0.1, 0.15) is 5.76 Å². The van der Waals surface area contributed by atoms with Gasteiger partial charge in [0.25, 0.3) is 0 Å². The molecule has 0 aliphatic heterocycles. The highest BCUT2D eigenvalue weighted by Crippen LogP contribution is 2.04. The summed E-state index contributed by atoms with van der Waals surface area (Å²) >= 11 is 0. The molecule has 0 bridgehead atoms. The van der Waals surface area contributed by atoms with Crippen LogP contribution >= 0.6 is 0 Å². The third kappa shape index (κ3) is 5.37. The Morgan fingerprint density at radius 2 is 2.18 bits per heavy atom. The summed E-state index contributed by atoms with van der Waals surface area (Å²) < 4.78 is 5.34. The first-order chi connectivity index (χ1) is 8.13. The maximum atomic E-state index is 5.34. The first-order valence-corrected chi connectivity index (χ1v) is 6.59. The van der Waals surface area contributed by atoms with Crippen LogP contribution in [0.25, 0.3) is 0 Å². The van der Waals surface area contributed by atoms with Crippen LogP contribution in [0, 0.1) is 0 Å². The van der Waals surface area contributed by atoms with Gasteiger partial charge in [-0.25, -0.2) is 0 Å². The van der Waals surface area contributed by atoms with Crippen molar-refractivity contribution in [2.24, 2.45) is 0 Å². The lowest BCUT2D eigenvalue weighted by Crippen LogP contribution is -2.38. The van der Waals surface area contributed by atoms with E-state index < -0.39 is 0 Å². The summed E-state index contributed by atoms with van der Waals surface area (Å²) in [6.07, 6.45) is 3.90. The molecular formula is C14H26N2O. The molecule has 1 N–H and O–H groups in total. The summed E-state index contributed by atoms with van der Waals surface area (Å²) in [7, 11) is 2.19. The lowest BCUT2D eigenvalue weighted by atomic mass is 10.2. The van der Waals surface area contributed by atoms with Gasteiger partial charge in [-0.3, -0.25) is 0 Å². The number of nitrogens with one attached hydrogen (secondary N) is 1. The quantitative estimate of drug-likeness (QED) is 0.754. The van der Waals surface area contributed by atoms with Crippen LogP contribution in [0.5, 0.6) is 0 Å². The van der Waals surface area contributed by atoms with Crippen LogP contribution in [-0.4, -0.2) is 37.1 Å². The predicted molar refractivity (Wildman–Crippen MR) is 72.3 cm³/mol. The monoisotopic (exact) mass is 238 g/mol. The largest absolute Gasteiger partial charge is 0.469 e. The first kappa shape index (κ1) is 14.3. The molecule has 0 spiro atoms. The molecule has 1 heterocycles. The summed E-state index contributed by atoms with van der Waals surface area (Å²) in [5, 5.41) is 3.53. The van der Waals surface area contributed by atoms with Crippen LogP contribution in [0.4, 0.5) is 0 Å². The summed E-state index contributed by atoms with van der Waals surface area (Å²) in [6, 6.07) is 5.10. The van der Waals surface area contributed by atoms with E-state index in [4.69, 9.17) is 4.42 Å². The molecule has 0 amide bonds. The van der Waals surface area contributed by atoms with E-state index in [0.717, 1.165) is 25.3 Å². The Hall–Kier alpha value is -0.800. The zero-order valence-corrected chi connectivity index (χ0v) is 11.6. The Morgan fingerprint density at radius 1 is 1.41 bits per heavy atom. The zero-order valence-electron chi connectivity index (χ0n) is 11.6. The van der Waals surface area contributed by atoms with Crippen molar-refractivity contribution in [2.45, 2.75) is 45.7 Å². The van der Waals surface area contributed by atoms with E-state index >= 15 is 0 Å². The van der Waals surface area contributed by atoms with Gasteiger partial charge in [0.15, 0.2) is 0 Å². The number of furan rings is 1. The highest BCUT2D eigenvalue weighted by Gasteiger charge is 2.08. The molecule has 0 saturated carbocycles. The van der Waals surface area contributed by atoms with E-state index in [1.807, 2.05) is 12.1 Å². The normalized spacial score (nSPS) is 15.1. The molecule has 2 atom stereocenters. The van der Waals surface area contributed by atoms with E-state index in [1.165, 1.54) is 6.42 Å². The van der Waals surface area contributed by atoms with Crippen LogP contribution in [0.1, 0.15) is 33.0 Å². The maximum Gasteiger partial charge on any atom is 0.105 e. The Bertz CT molecular complexity index is 284. The highest BCUT2D eigenvalue weighted by molar-refractivity contribution is 4.99. The standard InChI is InChI=1S/C14H26N2O/c1-5-13(3)16(4)9-8-15-12(2)11-14-7-6-10-17-14/h6-7,10,12-13,15H,5,8-9,11H2,1-4H3. The topological polar surface area (TPSA) is 28.4 Å². The second-order valence-corrected chi connectivity index (χ2v) is 4.88. The van der Waals surface area contributed by atoms with Gasteiger partial charge < -0.3 is 14.6 Å². The molecule has 0 saturated heterocycles. The fourth-order valence-electron chi connectivity index (χ4n) is 1.82. The van der Waals surface area contributed by atoms with Gasteiger partial charge in [0.05, 0.1) is 6.26 Å². The van der Waals surface area contributed by atoms with E-state index in [-0.39, 0.29) is 0 Å². The van der Waals surface area contributed by atoms with Crippen LogP contribution in [-0.2, 0) is 6.42 Å². The molecule has 0 fully saturated rings. The molecule has 3 heteroatoms. The minimum atomic E-state index is 0.464. The molecular weight excluding hydrogens is 212 g/mol. The van der Waals surface area contributed by atoms with Crippen LogP contribution in [0.3, 0.4) is 0 Å². The molecule has 1 aromatic rings. The molecule has 0 aliphatic rings. The van der Waals surface area contributed by atoms with Gasteiger partial charge in [0, 0.05) is 31.6 Å². The van der Waals surface area contributed by atoms with E-state index in [1.54, 1.807) is 6.26 Å². The van der Waals surface area contributed by atoms with Crippen molar-refractivity contribution in [2.75, 3.05) is 20.1 Å². The second kappa shape index (κ2) is 7.51. The summed E-state index contributed by atoms with van der Waals surface area (Å²) in [5.41, 5.74) is 0. The Balaban J connectivity index is 2.14. The number of hydrogen-bond acceptors (Lipinski definition) is 3. The minimum Gasteiger partial charge on any atom is -0.469 e. The third-order valence-electron chi connectivity index (χ3n) is 3.39. The average Bonchev–Trinajstić information content (AvgIpc) is 2.80. The van der Waals surface area contributed by atoms with Crippen molar-refractivity contribution < 1.29 is 4.42 Å². The number of likely N-dealkylation sites (N-methyl/N-ethyl adjacent to an activating group) is 1. The SMILES string of the molecule is CCC(C)N(C)CCNC(C)Cc1ccco1. The van der Waals surface area contributed by atoms with Crippen LogP contribution in [0.15, 0.2) is 22.8 Å². The fourth-order valence-corrected chi connectivity index (χ4v) is 1.82. The van der Waals surface area contributed by atoms with Crippen molar-refractivity contribution in [3.8, 4) is 0 Å². The molecule has 2 unspecified atom stereocenters. The third-order valence-corrected chi connectivity index (χ3v) is 3.39. The summed E-state index contributed by atoms with van der Waals surface area (Å²) in [4.78, 5) is 2.40. The van der Waals surface area contributed by atoms with Gasteiger partial charge in [0.2, 0.25) is 0 Å². The number of hydrogen-bond donors (Lipinski definition) is 1. The van der Waals surface area contributed by atoms with Gasteiger partial charge in [-0.2, -0.15) is 0 Å².